The van der Waals surface area contributed by atoms with Gasteiger partial charge in [-0.1, -0.05) is 47.5 Å². The first kappa shape index (κ1) is 19.9. The standard InChI is InChI=1S/C25H27N3O2/c1-15-5-8-20(17(3)11-15)22-14-23(21-9-6-16(2)12-18(21)4)27-28(26-22)24-10-7-19(29)13-25(24)30/h5-14,22,26-27,29-30H,1-4H3. The molecule has 4 N–H and O–H groups in total. The summed E-state index contributed by atoms with van der Waals surface area (Å²) in [6.45, 7) is 8.38. The lowest BCUT2D eigenvalue weighted by Crippen LogP contribution is -2.52. The molecule has 154 valence electrons. The molecule has 0 saturated heterocycles. The van der Waals surface area contributed by atoms with E-state index in [1.165, 1.54) is 28.3 Å². The van der Waals surface area contributed by atoms with Crippen molar-refractivity contribution in [2.45, 2.75) is 33.7 Å². The third-order valence-electron chi connectivity index (χ3n) is 5.47. The number of phenolic OH excluding ortho intramolecular Hbond substituents is 2. The second-order valence-electron chi connectivity index (χ2n) is 7.99. The van der Waals surface area contributed by atoms with Gasteiger partial charge in [0.25, 0.3) is 0 Å². The molecule has 1 unspecified atom stereocenters. The van der Waals surface area contributed by atoms with Crippen LogP contribution in [0.2, 0.25) is 0 Å². The number of hydrogen-bond acceptors (Lipinski definition) is 5. The van der Waals surface area contributed by atoms with Gasteiger partial charge in [-0.15, -0.1) is 0 Å². The van der Waals surface area contributed by atoms with Gasteiger partial charge in [0, 0.05) is 11.6 Å². The zero-order valence-corrected chi connectivity index (χ0v) is 17.7. The van der Waals surface area contributed by atoms with Crippen LogP contribution in [0.25, 0.3) is 5.70 Å². The Morgan fingerprint density at radius 1 is 0.800 bits per heavy atom. The third kappa shape index (κ3) is 3.84. The van der Waals surface area contributed by atoms with Crippen molar-refractivity contribution >= 4 is 11.4 Å². The molecule has 0 aliphatic carbocycles. The van der Waals surface area contributed by atoms with Gasteiger partial charge in [0.05, 0.1) is 11.7 Å². The maximum atomic E-state index is 10.4. The highest BCUT2D eigenvalue weighted by atomic mass is 16.3. The smallest absolute Gasteiger partial charge is 0.146 e. The van der Waals surface area contributed by atoms with Crippen LogP contribution in [0.4, 0.5) is 5.69 Å². The van der Waals surface area contributed by atoms with Crippen molar-refractivity contribution in [2.24, 2.45) is 0 Å². The highest BCUT2D eigenvalue weighted by Gasteiger charge is 2.25. The van der Waals surface area contributed by atoms with E-state index in [4.69, 9.17) is 0 Å². The average Bonchev–Trinajstić information content (AvgIpc) is 2.67. The number of aryl methyl sites for hydroxylation is 4. The molecule has 1 heterocycles. The maximum absolute atomic E-state index is 10.4. The molecule has 3 aromatic rings. The summed E-state index contributed by atoms with van der Waals surface area (Å²) in [6.07, 6.45) is 2.17. The zero-order valence-electron chi connectivity index (χ0n) is 17.7. The van der Waals surface area contributed by atoms with Gasteiger partial charge in [-0.25, -0.2) is 10.5 Å². The molecule has 0 saturated carbocycles. The van der Waals surface area contributed by atoms with Crippen molar-refractivity contribution in [2.75, 3.05) is 5.12 Å². The molecular formula is C25H27N3O2. The lowest BCUT2D eigenvalue weighted by Gasteiger charge is -2.37. The summed E-state index contributed by atoms with van der Waals surface area (Å²) in [5.41, 5.74) is 15.3. The maximum Gasteiger partial charge on any atom is 0.146 e. The molecule has 0 radical (unpaired) electrons. The normalized spacial score (nSPS) is 16.2. The zero-order chi connectivity index (χ0) is 21.4. The molecule has 4 rings (SSSR count). The first-order valence-electron chi connectivity index (χ1n) is 10.0. The number of benzene rings is 3. The van der Waals surface area contributed by atoms with E-state index in [0.717, 1.165) is 16.8 Å². The van der Waals surface area contributed by atoms with Crippen LogP contribution in [-0.4, -0.2) is 10.2 Å². The van der Waals surface area contributed by atoms with Crippen molar-refractivity contribution in [1.29, 1.82) is 0 Å². The SMILES string of the molecule is Cc1ccc(C2=CC(c3ccc(C)cc3C)NN(c3ccc(O)cc3O)N2)c(C)c1. The molecule has 0 spiro atoms. The Balaban J connectivity index is 1.81. The van der Waals surface area contributed by atoms with Crippen molar-refractivity contribution in [3.63, 3.8) is 0 Å². The summed E-state index contributed by atoms with van der Waals surface area (Å²) in [6, 6.07) is 17.3. The molecule has 0 bridgehead atoms. The van der Waals surface area contributed by atoms with Gasteiger partial charge in [0.1, 0.15) is 17.2 Å². The highest BCUT2D eigenvalue weighted by Crippen LogP contribution is 2.34. The molecule has 1 aliphatic heterocycles. The average molecular weight is 402 g/mol. The van der Waals surface area contributed by atoms with Gasteiger partial charge in [-0.05, 0) is 62.6 Å². The summed E-state index contributed by atoms with van der Waals surface area (Å²) in [7, 11) is 0. The molecule has 30 heavy (non-hydrogen) atoms. The van der Waals surface area contributed by atoms with Crippen molar-refractivity contribution in [1.82, 2.24) is 10.9 Å². The molecule has 0 fully saturated rings. The van der Waals surface area contributed by atoms with Gasteiger partial charge >= 0.3 is 0 Å². The number of hydrogen-bond donors (Lipinski definition) is 4. The molecule has 5 nitrogen and oxygen atoms in total. The van der Waals surface area contributed by atoms with Gasteiger partial charge in [-0.3, -0.25) is 5.43 Å². The van der Waals surface area contributed by atoms with Crippen LogP contribution < -0.4 is 16.0 Å². The van der Waals surface area contributed by atoms with Crippen LogP contribution in [-0.2, 0) is 0 Å². The van der Waals surface area contributed by atoms with E-state index < -0.39 is 0 Å². The van der Waals surface area contributed by atoms with Gasteiger partial charge in [0.15, 0.2) is 0 Å². The van der Waals surface area contributed by atoms with Crippen molar-refractivity contribution in [3.05, 3.63) is 94.1 Å². The number of aromatic hydroxyl groups is 2. The number of nitrogens with zero attached hydrogens (tertiary/aromatic N) is 1. The Hall–Kier alpha value is -3.44. The van der Waals surface area contributed by atoms with Crippen LogP contribution in [0.5, 0.6) is 11.5 Å². The second-order valence-corrected chi connectivity index (χ2v) is 7.99. The van der Waals surface area contributed by atoms with Crippen LogP contribution >= 0.6 is 0 Å². The van der Waals surface area contributed by atoms with Crippen LogP contribution in [0.15, 0.2) is 60.7 Å². The summed E-state index contributed by atoms with van der Waals surface area (Å²) >= 11 is 0. The van der Waals surface area contributed by atoms with E-state index in [9.17, 15) is 10.2 Å². The fraction of sp³-hybridized carbons (Fsp3) is 0.200. The topological polar surface area (TPSA) is 67.8 Å². The third-order valence-corrected chi connectivity index (χ3v) is 5.47. The molecule has 5 heteroatoms. The minimum absolute atomic E-state index is 0.0174. The fourth-order valence-electron chi connectivity index (χ4n) is 3.96. The van der Waals surface area contributed by atoms with E-state index in [-0.39, 0.29) is 17.5 Å². The highest BCUT2D eigenvalue weighted by molar-refractivity contribution is 5.72. The second kappa shape index (κ2) is 7.76. The minimum Gasteiger partial charge on any atom is -0.508 e. The quantitative estimate of drug-likeness (QED) is 0.500. The molecule has 1 atom stereocenters. The number of hydrazine groups is 2. The molecule has 3 aromatic carbocycles. The Kier molecular flexibility index (Phi) is 5.14. The summed E-state index contributed by atoms with van der Waals surface area (Å²) in [4.78, 5) is 0. The predicted octanol–water partition coefficient (Wildman–Crippen LogP) is 4.94. The van der Waals surface area contributed by atoms with E-state index in [2.05, 4.69) is 81.0 Å². The van der Waals surface area contributed by atoms with Crippen molar-refractivity contribution in [3.8, 4) is 11.5 Å². The summed E-state index contributed by atoms with van der Waals surface area (Å²) in [5.74, 6) is 0.000546. The molecular weight excluding hydrogens is 374 g/mol. The van der Waals surface area contributed by atoms with Crippen LogP contribution in [0.1, 0.15) is 39.4 Å². The van der Waals surface area contributed by atoms with Crippen molar-refractivity contribution < 1.29 is 10.2 Å². The molecule has 0 aromatic heterocycles. The van der Waals surface area contributed by atoms with E-state index in [0.29, 0.717) is 5.69 Å². The number of nitrogens with one attached hydrogen (secondary N) is 2. The molecule has 1 aliphatic rings. The summed E-state index contributed by atoms with van der Waals surface area (Å²) in [5, 5.41) is 21.8. The predicted molar refractivity (Wildman–Crippen MR) is 121 cm³/mol. The van der Waals surface area contributed by atoms with Crippen LogP contribution in [0, 0.1) is 27.7 Å². The number of rotatable bonds is 3. The lowest BCUT2D eigenvalue weighted by atomic mass is 9.96. The van der Waals surface area contributed by atoms with Gasteiger partial charge in [-0.2, -0.15) is 0 Å². The number of anilines is 1. The van der Waals surface area contributed by atoms with Gasteiger partial charge in [0.2, 0.25) is 0 Å². The largest absolute Gasteiger partial charge is 0.508 e. The number of phenols is 2. The summed E-state index contributed by atoms with van der Waals surface area (Å²) < 4.78 is 0. The van der Waals surface area contributed by atoms with Gasteiger partial charge < -0.3 is 10.2 Å². The fourth-order valence-corrected chi connectivity index (χ4v) is 3.96. The van der Waals surface area contributed by atoms with E-state index in [1.807, 2.05) is 0 Å². The minimum atomic E-state index is -0.101. The Morgan fingerprint density at radius 2 is 1.50 bits per heavy atom. The monoisotopic (exact) mass is 401 g/mol. The van der Waals surface area contributed by atoms with E-state index in [1.54, 1.807) is 17.3 Å². The Bertz CT molecular complexity index is 1140. The lowest BCUT2D eigenvalue weighted by molar-refractivity contribution is 0.441. The Morgan fingerprint density at radius 3 is 2.17 bits per heavy atom. The van der Waals surface area contributed by atoms with E-state index >= 15 is 0 Å². The first-order chi connectivity index (χ1) is 14.3. The van der Waals surface area contributed by atoms with Crippen LogP contribution in [0.3, 0.4) is 0 Å². The molecule has 0 amide bonds. The first-order valence-corrected chi connectivity index (χ1v) is 10.0. The Labute approximate surface area is 177 Å².